The van der Waals surface area contributed by atoms with Crippen molar-refractivity contribution >= 4 is 11.9 Å². The summed E-state index contributed by atoms with van der Waals surface area (Å²) in [5.41, 5.74) is 11.5. The lowest BCUT2D eigenvalue weighted by Crippen LogP contribution is -2.34. The Bertz CT molecular complexity index is 879. The molecule has 0 spiro atoms. The van der Waals surface area contributed by atoms with Crippen LogP contribution >= 0.6 is 0 Å². The van der Waals surface area contributed by atoms with Gasteiger partial charge in [-0.1, -0.05) is 11.6 Å². The summed E-state index contributed by atoms with van der Waals surface area (Å²) in [5.74, 6) is -0.970. The lowest BCUT2D eigenvalue weighted by atomic mass is 9.71. The Morgan fingerprint density at radius 3 is 2.84 bits per heavy atom. The van der Waals surface area contributed by atoms with Crippen LogP contribution in [0.1, 0.15) is 31.2 Å². The molecule has 0 bridgehead atoms. The van der Waals surface area contributed by atoms with Gasteiger partial charge in [-0.2, -0.15) is 0 Å². The second-order valence-electron chi connectivity index (χ2n) is 6.74. The smallest absolute Gasteiger partial charge is 0.165 e. The number of aromatic hydroxyl groups is 1. The van der Waals surface area contributed by atoms with Crippen LogP contribution in [0.3, 0.4) is 0 Å². The van der Waals surface area contributed by atoms with Crippen molar-refractivity contribution in [2.45, 2.75) is 31.7 Å². The molecule has 5 heteroatoms. The molecular weight excluding hydrogens is 317 g/mol. The summed E-state index contributed by atoms with van der Waals surface area (Å²) in [5, 5.41) is 17.3. The zero-order chi connectivity index (χ0) is 17.6. The Kier molecular flexibility index (Phi) is 3.79. The molecule has 4 rings (SSSR count). The van der Waals surface area contributed by atoms with E-state index >= 15 is 0 Å². The molecule has 0 radical (unpaired) electrons. The third-order valence-electron chi connectivity index (χ3n) is 5.31. The summed E-state index contributed by atoms with van der Waals surface area (Å²) in [6.45, 7) is 0. The summed E-state index contributed by atoms with van der Waals surface area (Å²) in [7, 11) is 0. The maximum atomic E-state index is 13.9. The zero-order valence-electron chi connectivity index (χ0n) is 13.8. The van der Waals surface area contributed by atoms with Crippen molar-refractivity contribution in [2.24, 2.45) is 16.6 Å². The number of nitrogens with zero attached hydrogens (tertiary/aromatic N) is 1. The summed E-state index contributed by atoms with van der Waals surface area (Å²) < 4.78 is 13.9. The first-order chi connectivity index (χ1) is 12.1. The molecule has 1 aliphatic heterocycles. The molecular formula is C20H20FN3O. The molecule has 2 atom stereocenters. The molecule has 0 amide bonds. The Hall–Kier alpha value is -2.69. The molecule has 2 aliphatic carbocycles. The minimum absolute atomic E-state index is 0.0171. The van der Waals surface area contributed by atoms with Crippen molar-refractivity contribution in [1.29, 1.82) is 5.41 Å². The van der Waals surface area contributed by atoms with Gasteiger partial charge in [0.25, 0.3) is 0 Å². The number of benzene rings is 1. The van der Waals surface area contributed by atoms with Crippen LogP contribution in [0.4, 0.5) is 4.39 Å². The van der Waals surface area contributed by atoms with Crippen molar-refractivity contribution in [2.75, 3.05) is 0 Å². The van der Waals surface area contributed by atoms with Gasteiger partial charge in [-0.05, 0) is 55.5 Å². The normalized spacial score (nSPS) is 25.4. The third-order valence-corrected chi connectivity index (χ3v) is 5.31. The maximum absolute atomic E-state index is 13.9. The Morgan fingerprint density at radius 2 is 2.08 bits per heavy atom. The number of dihydropyridines is 1. The average molecular weight is 337 g/mol. The highest BCUT2D eigenvalue weighted by Gasteiger charge is 2.37. The molecule has 0 fully saturated rings. The van der Waals surface area contributed by atoms with Crippen molar-refractivity contribution in [3.8, 4) is 5.75 Å². The summed E-state index contributed by atoms with van der Waals surface area (Å²) >= 11 is 0. The molecule has 2 unspecified atom stereocenters. The zero-order valence-corrected chi connectivity index (χ0v) is 13.8. The van der Waals surface area contributed by atoms with Gasteiger partial charge in [-0.25, -0.2) is 4.39 Å². The molecule has 0 aromatic heterocycles. The molecule has 25 heavy (non-hydrogen) atoms. The predicted octanol–water partition coefficient (Wildman–Crippen LogP) is 3.62. The van der Waals surface area contributed by atoms with Crippen molar-refractivity contribution in [3.05, 3.63) is 64.1 Å². The molecule has 3 aliphatic rings. The van der Waals surface area contributed by atoms with Gasteiger partial charge in [-0.15, -0.1) is 0 Å². The fourth-order valence-corrected chi connectivity index (χ4v) is 4.13. The maximum Gasteiger partial charge on any atom is 0.165 e. The van der Waals surface area contributed by atoms with E-state index in [0.717, 1.165) is 42.5 Å². The SMILES string of the molecule is N=CC1=C(N)C=CC2N=C(c3ccc(O)c(F)c3)C3=C(CCCC3)C12. The number of allylic oxidation sites excluding steroid dienone is 2. The minimum Gasteiger partial charge on any atom is -0.505 e. The number of halogens is 1. The van der Waals surface area contributed by atoms with Crippen LogP contribution in [0.15, 0.2) is 57.8 Å². The van der Waals surface area contributed by atoms with Crippen LogP contribution in [0.25, 0.3) is 0 Å². The number of phenolic OH excluding ortho intramolecular Hbond substituents is 1. The van der Waals surface area contributed by atoms with Crippen molar-refractivity contribution < 1.29 is 9.50 Å². The van der Waals surface area contributed by atoms with E-state index in [1.54, 1.807) is 6.07 Å². The second kappa shape index (κ2) is 5.99. The second-order valence-corrected chi connectivity index (χ2v) is 6.74. The van der Waals surface area contributed by atoms with Crippen LogP contribution in [0.2, 0.25) is 0 Å². The minimum atomic E-state index is -0.635. The van der Waals surface area contributed by atoms with E-state index in [0.29, 0.717) is 11.3 Å². The quantitative estimate of drug-likeness (QED) is 0.720. The number of hydrogen-bond acceptors (Lipinski definition) is 4. The monoisotopic (exact) mass is 337 g/mol. The van der Waals surface area contributed by atoms with Gasteiger partial charge >= 0.3 is 0 Å². The van der Waals surface area contributed by atoms with E-state index in [4.69, 9.17) is 16.1 Å². The number of rotatable bonds is 2. The first-order valence-electron chi connectivity index (χ1n) is 8.57. The van der Waals surface area contributed by atoms with Gasteiger partial charge in [0.2, 0.25) is 0 Å². The molecule has 1 aromatic rings. The predicted molar refractivity (Wildman–Crippen MR) is 96.5 cm³/mol. The lowest BCUT2D eigenvalue weighted by Gasteiger charge is -2.38. The van der Waals surface area contributed by atoms with Crippen molar-refractivity contribution in [1.82, 2.24) is 0 Å². The fourth-order valence-electron chi connectivity index (χ4n) is 4.13. The molecule has 1 heterocycles. The number of nitrogens with two attached hydrogens (primary N) is 1. The van der Waals surface area contributed by atoms with Crippen LogP contribution in [-0.2, 0) is 0 Å². The highest BCUT2D eigenvalue weighted by atomic mass is 19.1. The summed E-state index contributed by atoms with van der Waals surface area (Å²) in [6.07, 6.45) is 9.16. The molecule has 1 aromatic carbocycles. The van der Waals surface area contributed by atoms with Crippen LogP contribution in [0.5, 0.6) is 5.75 Å². The Morgan fingerprint density at radius 1 is 1.28 bits per heavy atom. The number of aliphatic imine (C=N–C) groups is 1. The lowest BCUT2D eigenvalue weighted by molar-refractivity contribution is 0.432. The Labute approximate surface area is 145 Å². The topological polar surface area (TPSA) is 82.5 Å². The number of phenols is 1. The van der Waals surface area contributed by atoms with Gasteiger partial charge < -0.3 is 16.2 Å². The van der Waals surface area contributed by atoms with E-state index in [1.165, 1.54) is 23.9 Å². The van der Waals surface area contributed by atoms with Gasteiger partial charge in [0.15, 0.2) is 11.6 Å². The highest BCUT2D eigenvalue weighted by molar-refractivity contribution is 6.14. The van der Waals surface area contributed by atoms with Gasteiger partial charge in [-0.3, -0.25) is 4.99 Å². The molecule has 0 saturated carbocycles. The highest BCUT2D eigenvalue weighted by Crippen LogP contribution is 2.43. The molecule has 4 nitrogen and oxygen atoms in total. The van der Waals surface area contributed by atoms with E-state index < -0.39 is 5.82 Å². The number of fused-ring (bicyclic) bond motifs is 2. The van der Waals surface area contributed by atoms with E-state index in [2.05, 4.69) is 0 Å². The molecule has 128 valence electrons. The van der Waals surface area contributed by atoms with Crippen LogP contribution in [0, 0.1) is 17.1 Å². The molecule has 4 N–H and O–H groups in total. The van der Waals surface area contributed by atoms with Crippen LogP contribution < -0.4 is 5.73 Å². The first-order valence-corrected chi connectivity index (χ1v) is 8.57. The fraction of sp³-hybridized carbons (Fsp3) is 0.300. The average Bonchev–Trinajstić information content (AvgIpc) is 2.63. The van der Waals surface area contributed by atoms with E-state index in [9.17, 15) is 9.50 Å². The van der Waals surface area contributed by atoms with Crippen molar-refractivity contribution in [3.63, 3.8) is 0 Å². The van der Waals surface area contributed by atoms with Gasteiger partial charge in [0.1, 0.15) is 0 Å². The Balaban J connectivity index is 1.87. The standard InChI is InChI=1S/C20H20FN3O/c21-15-9-11(5-8-18(15)25)20-13-4-2-1-3-12(13)19-14(10-22)16(23)6-7-17(19)24-20/h5-10,17,19,22,25H,1-4,23H2. The molecule has 0 saturated heterocycles. The van der Waals surface area contributed by atoms with E-state index in [-0.39, 0.29) is 17.7 Å². The first kappa shape index (κ1) is 15.8. The van der Waals surface area contributed by atoms with Crippen LogP contribution in [-0.4, -0.2) is 23.1 Å². The summed E-state index contributed by atoms with van der Waals surface area (Å²) in [4.78, 5) is 4.89. The number of nitrogens with one attached hydrogen (secondary N) is 1. The van der Waals surface area contributed by atoms with E-state index in [1.807, 2.05) is 12.2 Å². The largest absolute Gasteiger partial charge is 0.505 e. The number of hydrogen-bond donors (Lipinski definition) is 3. The van der Waals surface area contributed by atoms with Gasteiger partial charge in [0.05, 0.1) is 11.8 Å². The summed E-state index contributed by atoms with van der Waals surface area (Å²) in [6, 6.07) is 4.32. The third kappa shape index (κ3) is 2.51. The van der Waals surface area contributed by atoms with Gasteiger partial charge in [0, 0.05) is 29.0 Å².